The van der Waals surface area contributed by atoms with Crippen molar-refractivity contribution in [2.45, 2.75) is 31.3 Å². The van der Waals surface area contributed by atoms with Crippen LogP contribution in [0.2, 0.25) is 5.02 Å². The van der Waals surface area contributed by atoms with Gasteiger partial charge in [0.05, 0.1) is 23.0 Å². The molecule has 0 saturated carbocycles. The molecule has 2 aliphatic rings. The number of aromatic nitrogens is 3. The van der Waals surface area contributed by atoms with Gasteiger partial charge in [0.15, 0.2) is 5.82 Å². The number of hydrogen-bond donors (Lipinski definition) is 1. The molecular formula is C29H29ClFN7O. The number of anilines is 1. The van der Waals surface area contributed by atoms with E-state index in [-0.39, 0.29) is 11.1 Å². The zero-order valence-electron chi connectivity index (χ0n) is 21.7. The highest BCUT2D eigenvalue weighted by atomic mass is 35.5. The first-order chi connectivity index (χ1) is 19.0. The van der Waals surface area contributed by atoms with Gasteiger partial charge in [0.25, 0.3) is 0 Å². The highest BCUT2D eigenvalue weighted by molar-refractivity contribution is 6.36. The Morgan fingerprint density at radius 3 is 2.95 bits per heavy atom. The number of nitrogens with zero attached hydrogens (tertiary/aromatic N) is 6. The second-order valence-electron chi connectivity index (χ2n) is 10.2. The molecule has 1 N–H and O–H groups in total. The lowest BCUT2D eigenvalue weighted by Gasteiger charge is -2.33. The Hall–Kier alpha value is -3.58. The van der Waals surface area contributed by atoms with Crippen molar-refractivity contribution in [3.8, 4) is 23.2 Å². The fourth-order valence-corrected chi connectivity index (χ4v) is 5.86. The van der Waals surface area contributed by atoms with Crippen molar-refractivity contribution in [3.63, 3.8) is 0 Å². The van der Waals surface area contributed by atoms with Crippen molar-refractivity contribution in [2.24, 2.45) is 0 Å². The van der Waals surface area contributed by atoms with Crippen LogP contribution in [0.25, 0.3) is 32.9 Å². The van der Waals surface area contributed by atoms with Crippen molar-refractivity contribution >= 4 is 39.2 Å². The van der Waals surface area contributed by atoms with E-state index < -0.39 is 5.82 Å². The van der Waals surface area contributed by atoms with Crippen LogP contribution < -0.4 is 15.0 Å². The molecule has 0 amide bonds. The Balaban J connectivity index is 1.44. The Morgan fingerprint density at radius 1 is 1.23 bits per heavy atom. The number of nitrogens with one attached hydrogen (secondary N) is 1. The van der Waals surface area contributed by atoms with E-state index in [1.165, 1.54) is 6.07 Å². The predicted octanol–water partition coefficient (Wildman–Crippen LogP) is 4.80. The summed E-state index contributed by atoms with van der Waals surface area (Å²) in [5.41, 5.74) is 2.83. The molecular weight excluding hydrogens is 517 g/mol. The minimum atomic E-state index is -0.465. The number of benzene rings is 2. The average molecular weight is 546 g/mol. The van der Waals surface area contributed by atoms with Crippen LogP contribution in [0.4, 0.5) is 10.2 Å². The number of hydrogen-bond acceptors (Lipinski definition) is 8. The van der Waals surface area contributed by atoms with E-state index in [1.807, 2.05) is 24.3 Å². The molecule has 39 heavy (non-hydrogen) atoms. The van der Waals surface area contributed by atoms with E-state index in [1.54, 1.807) is 12.3 Å². The van der Waals surface area contributed by atoms with Crippen molar-refractivity contribution in [1.82, 2.24) is 25.2 Å². The Kier molecular flexibility index (Phi) is 7.17. The van der Waals surface area contributed by atoms with Gasteiger partial charge in [-0.2, -0.15) is 15.2 Å². The van der Waals surface area contributed by atoms with Gasteiger partial charge >= 0.3 is 6.01 Å². The zero-order chi connectivity index (χ0) is 26.9. The highest BCUT2D eigenvalue weighted by Gasteiger charge is 2.26. The van der Waals surface area contributed by atoms with Crippen molar-refractivity contribution in [2.75, 3.05) is 44.7 Å². The number of pyridine rings is 1. The molecule has 2 aromatic carbocycles. The van der Waals surface area contributed by atoms with Gasteiger partial charge in [0.1, 0.15) is 17.9 Å². The first kappa shape index (κ1) is 25.7. The second-order valence-corrected chi connectivity index (χ2v) is 10.6. The van der Waals surface area contributed by atoms with Crippen molar-refractivity contribution < 1.29 is 9.13 Å². The number of ether oxygens (including phenoxy) is 1. The summed E-state index contributed by atoms with van der Waals surface area (Å²) >= 11 is 6.43. The van der Waals surface area contributed by atoms with Crippen LogP contribution in [0.1, 0.15) is 19.3 Å². The van der Waals surface area contributed by atoms with Gasteiger partial charge in [0.2, 0.25) is 0 Å². The number of nitriles is 1. The average Bonchev–Trinajstić information content (AvgIpc) is 3.37. The maximum absolute atomic E-state index is 14.4. The van der Waals surface area contributed by atoms with Crippen LogP contribution in [-0.4, -0.2) is 71.8 Å². The summed E-state index contributed by atoms with van der Waals surface area (Å²) in [7, 11) is 2.11. The summed E-state index contributed by atoms with van der Waals surface area (Å²) < 4.78 is 20.6. The SMILES string of the molecule is CN1CCCC1COc1nc(N2CCNC(CC#N)C2)c2ncc(-c3cccc4ccc(F)c(Cl)c34)cc2n1. The topological polar surface area (TPSA) is 90.2 Å². The highest BCUT2D eigenvalue weighted by Crippen LogP contribution is 2.37. The van der Waals surface area contributed by atoms with E-state index in [0.717, 1.165) is 49.0 Å². The Labute approximate surface area is 231 Å². The zero-order valence-corrected chi connectivity index (χ0v) is 22.5. The minimum absolute atomic E-state index is 0.0391. The smallest absolute Gasteiger partial charge is 0.319 e. The van der Waals surface area contributed by atoms with Crippen LogP contribution in [0.5, 0.6) is 6.01 Å². The molecule has 0 radical (unpaired) electrons. The molecule has 200 valence electrons. The normalized spacial score (nSPS) is 20.0. The lowest BCUT2D eigenvalue weighted by molar-refractivity contribution is 0.188. The molecule has 2 unspecified atom stereocenters. The quantitative estimate of drug-likeness (QED) is 0.369. The van der Waals surface area contributed by atoms with Crippen LogP contribution in [0.15, 0.2) is 42.6 Å². The van der Waals surface area contributed by atoms with Crippen molar-refractivity contribution in [3.05, 3.63) is 53.4 Å². The monoisotopic (exact) mass is 545 g/mol. The standard InChI is InChI=1S/C29H29ClFN7O/c1-37-12-3-5-21(37)17-39-29-35-24-14-19(22-6-2-4-18-7-8-23(31)26(30)25(18)22)15-34-27(24)28(36-29)38-13-11-33-20(16-38)9-10-32/h2,4,6-8,14-15,20-21,33H,3,5,9,11-13,16-17H2,1H3. The molecule has 10 heteroatoms. The van der Waals surface area contributed by atoms with Crippen LogP contribution >= 0.6 is 11.6 Å². The number of rotatable bonds is 6. The lowest BCUT2D eigenvalue weighted by Crippen LogP contribution is -2.51. The molecule has 0 bridgehead atoms. The summed E-state index contributed by atoms with van der Waals surface area (Å²) in [6, 6.07) is 13.7. The Morgan fingerprint density at radius 2 is 2.13 bits per heavy atom. The molecule has 2 aliphatic heterocycles. The molecule has 2 aromatic heterocycles. The van der Waals surface area contributed by atoms with Gasteiger partial charge in [-0.1, -0.05) is 35.9 Å². The minimum Gasteiger partial charge on any atom is -0.462 e. The molecule has 4 aromatic rings. The van der Waals surface area contributed by atoms with Gasteiger partial charge in [0, 0.05) is 48.9 Å². The first-order valence-corrected chi connectivity index (χ1v) is 13.6. The molecule has 2 saturated heterocycles. The third kappa shape index (κ3) is 5.08. The summed E-state index contributed by atoms with van der Waals surface area (Å²) in [5, 5.41) is 14.2. The molecule has 2 atom stereocenters. The van der Waals surface area contributed by atoms with Crippen LogP contribution in [-0.2, 0) is 0 Å². The van der Waals surface area contributed by atoms with Crippen molar-refractivity contribution in [1.29, 1.82) is 5.26 Å². The first-order valence-electron chi connectivity index (χ1n) is 13.2. The summed E-state index contributed by atoms with van der Waals surface area (Å²) in [6.45, 7) is 3.65. The third-order valence-corrected chi connectivity index (χ3v) is 8.08. The molecule has 6 rings (SSSR count). The fraction of sp³-hybridized carbons (Fsp3) is 0.379. The van der Waals surface area contributed by atoms with E-state index in [4.69, 9.17) is 31.3 Å². The number of likely N-dealkylation sites (N-methyl/N-ethyl adjacent to an activating group) is 1. The largest absolute Gasteiger partial charge is 0.462 e. The third-order valence-electron chi connectivity index (χ3n) is 7.71. The molecule has 2 fully saturated rings. The number of piperazine rings is 1. The van der Waals surface area contributed by atoms with E-state index in [9.17, 15) is 9.65 Å². The van der Waals surface area contributed by atoms with E-state index >= 15 is 0 Å². The Bertz CT molecular complexity index is 1580. The molecule has 0 aliphatic carbocycles. The van der Waals surface area contributed by atoms with Gasteiger partial charge in [-0.3, -0.25) is 4.98 Å². The number of likely N-dealkylation sites (tertiary alicyclic amines) is 1. The van der Waals surface area contributed by atoms with Gasteiger partial charge in [-0.05, 0) is 49.5 Å². The van der Waals surface area contributed by atoms with Gasteiger partial charge in [-0.15, -0.1) is 0 Å². The summed E-state index contributed by atoms with van der Waals surface area (Å²) in [5.74, 6) is 0.223. The van der Waals surface area contributed by atoms with Gasteiger partial charge < -0.3 is 19.9 Å². The molecule has 0 spiro atoms. The molecule has 8 nitrogen and oxygen atoms in total. The van der Waals surface area contributed by atoms with E-state index in [2.05, 4.69) is 28.2 Å². The van der Waals surface area contributed by atoms with Gasteiger partial charge in [-0.25, -0.2) is 4.39 Å². The maximum atomic E-state index is 14.4. The number of halogens is 2. The maximum Gasteiger partial charge on any atom is 0.319 e. The second kappa shape index (κ2) is 10.9. The lowest BCUT2D eigenvalue weighted by atomic mass is 9.99. The summed E-state index contributed by atoms with van der Waals surface area (Å²) in [6.07, 6.45) is 4.40. The van der Waals surface area contributed by atoms with E-state index in [0.29, 0.717) is 53.9 Å². The predicted molar refractivity (Wildman–Crippen MR) is 151 cm³/mol. The fourth-order valence-electron chi connectivity index (χ4n) is 5.59. The molecule has 4 heterocycles. The number of fused-ring (bicyclic) bond motifs is 2. The van der Waals surface area contributed by atoms with Crippen LogP contribution in [0.3, 0.4) is 0 Å². The summed E-state index contributed by atoms with van der Waals surface area (Å²) in [4.78, 5) is 18.8. The van der Waals surface area contributed by atoms with Crippen LogP contribution in [0, 0.1) is 17.1 Å².